The van der Waals surface area contributed by atoms with Gasteiger partial charge in [0.05, 0.1) is 24.0 Å². The smallest absolute Gasteiger partial charge is 0.338 e. The third kappa shape index (κ3) is 5.70. The van der Waals surface area contributed by atoms with Crippen molar-refractivity contribution < 1.29 is 23.1 Å². The molecule has 0 saturated carbocycles. The van der Waals surface area contributed by atoms with Gasteiger partial charge in [0.2, 0.25) is 0 Å². The van der Waals surface area contributed by atoms with Crippen molar-refractivity contribution in [3.05, 3.63) is 53.6 Å². The number of hydrogen-bond donors (Lipinski definition) is 3. The molecule has 2 rings (SSSR count). The zero-order chi connectivity index (χ0) is 20.0. The lowest BCUT2D eigenvalue weighted by atomic mass is 10.2. The van der Waals surface area contributed by atoms with Crippen LogP contribution in [0.15, 0.2) is 47.4 Å². The first-order chi connectivity index (χ1) is 12.7. The van der Waals surface area contributed by atoms with E-state index < -0.39 is 16.0 Å². The van der Waals surface area contributed by atoms with Crippen LogP contribution < -0.4 is 10.0 Å². The number of carbonyl (C=O) groups is 1. The van der Waals surface area contributed by atoms with Gasteiger partial charge >= 0.3 is 5.97 Å². The third-order valence-electron chi connectivity index (χ3n) is 3.58. The van der Waals surface area contributed by atoms with Crippen molar-refractivity contribution in [1.29, 1.82) is 0 Å². The van der Waals surface area contributed by atoms with Crippen LogP contribution in [0.4, 0.5) is 11.4 Å². The number of nitrogens with one attached hydrogen (secondary N) is 2. The lowest BCUT2D eigenvalue weighted by Crippen LogP contribution is -2.18. The first kappa shape index (κ1) is 20.7. The fraction of sp³-hybridized carbons (Fsp3) is 0.316. The molecule has 0 spiro atoms. The van der Waals surface area contributed by atoms with Crippen molar-refractivity contribution in [2.24, 2.45) is 0 Å². The summed E-state index contributed by atoms with van der Waals surface area (Å²) in [5.74, 6) is -0.606. The van der Waals surface area contributed by atoms with Gasteiger partial charge < -0.3 is 15.2 Å². The first-order valence-corrected chi connectivity index (χ1v) is 10.0. The Labute approximate surface area is 159 Å². The van der Waals surface area contributed by atoms with Crippen LogP contribution >= 0.6 is 0 Å². The summed E-state index contributed by atoms with van der Waals surface area (Å²) in [6.07, 6.45) is -0.324. The molecule has 27 heavy (non-hydrogen) atoms. The van der Waals surface area contributed by atoms with E-state index in [2.05, 4.69) is 10.0 Å². The van der Waals surface area contributed by atoms with Gasteiger partial charge in [0, 0.05) is 12.2 Å². The number of aliphatic hydroxyl groups is 1. The Morgan fingerprint density at radius 3 is 2.41 bits per heavy atom. The summed E-state index contributed by atoms with van der Waals surface area (Å²) >= 11 is 0. The molecule has 0 aliphatic carbocycles. The molecular weight excluding hydrogens is 368 g/mol. The standard InChI is InChI=1S/C19H24N2O5S/c1-13(2)26-19(23)15-6-9-17(20-10-11-22)18(12-15)27(24,25)21-16-7-4-14(3)5-8-16/h4-9,12-13,20-22H,10-11H2,1-3H3. The van der Waals surface area contributed by atoms with Crippen LogP contribution in [0, 0.1) is 6.92 Å². The van der Waals surface area contributed by atoms with Crippen LogP contribution in [0.25, 0.3) is 0 Å². The van der Waals surface area contributed by atoms with Crippen molar-refractivity contribution >= 4 is 27.4 Å². The summed E-state index contributed by atoms with van der Waals surface area (Å²) in [5, 5.41) is 11.9. The summed E-state index contributed by atoms with van der Waals surface area (Å²) in [5.41, 5.74) is 1.82. The second kappa shape index (κ2) is 8.88. The Kier molecular flexibility index (Phi) is 6.81. The molecule has 0 heterocycles. The van der Waals surface area contributed by atoms with Gasteiger partial charge in [-0.2, -0.15) is 0 Å². The molecule has 0 atom stereocenters. The number of anilines is 2. The van der Waals surface area contributed by atoms with Crippen LogP contribution in [0.3, 0.4) is 0 Å². The molecule has 0 aromatic heterocycles. The maximum Gasteiger partial charge on any atom is 0.338 e. The van der Waals surface area contributed by atoms with E-state index in [4.69, 9.17) is 9.84 Å². The summed E-state index contributed by atoms with van der Waals surface area (Å²) in [7, 11) is -3.97. The number of carbonyl (C=O) groups excluding carboxylic acids is 1. The van der Waals surface area contributed by atoms with Crippen molar-refractivity contribution in [2.75, 3.05) is 23.2 Å². The van der Waals surface area contributed by atoms with Gasteiger partial charge in [0.25, 0.3) is 10.0 Å². The number of ether oxygens (including phenoxy) is 1. The summed E-state index contributed by atoms with van der Waals surface area (Å²) in [6.45, 7) is 5.33. The van der Waals surface area contributed by atoms with E-state index in [1.165, 1.54) is 18.2 Å². The van der Waals surface area contributed by atoms with Gasteiger partial charge in [0.1, 0.15) is 4.90 Å². The van der Waals surface area contributed by atoms with E-state index in [-0.39, 0.29) is 35.4 Å². The number of sulfonamides is 1. The number of rotatable bonds is 8. The predicted octanol–water partition coefficient (Wildman–Crippen LogP) is 2.77. The maximum atomic E-state index is 12.9. The highest BCUT2D eigenvalue weighted by molar-refractivity contribution is 7.92. The molecule has 7 nitrogen and oxygen atoms in total. The lowest BCUT2D eigenvalue weighted by Gasteiger charge is -2.15. The fourth-order valence-corrected chi connectivity index (χ4v) is 3.59. The minimum atomic E-state index is -3.97. The highest BCUT2D eigenvalue weighted by atomic mass is 32.2. The first-order valence-electron chi connectivity index (χ1n) is 8.52. The van der Waals surface area contributed by atoms with Crippen molar-refractivity contribution in [2.45, 2.75) is 31.8 Å². The van der Waals surface area contributed by atoms with E-state index in [0.29, 0.717) is 5.69 Å². The summed E-state index contributed by atoms with van der Waals surface area (Å²) < 4.78 is 33.4. The topological polar surface area (TPSA) is 105 Å². The monoisotopic (exact) mass is 392 g/mol. The van der Waals surface area contributed by atoms with E-state index in [1.54, 1.807) is 38.1 Å². The molecule has 0 amide bonds. The second-order valence-electron chi connectivity index (χ2n) is 6.29. The molecule has 2 aromatic rings. The molecule has 0 unspecified atom stereocenters. The SMILES string of the molecule is Cc1ccc(NS(=O)(=O)c2cc(C(=O)OC(C)C)ccc2NCCO)cc1. The molecule has 0 aliphatic rings. The van der Waals surface area contributed by atoms with E-state index in [0.717, 1.165) is 5.56 Å². The molecule has 0 bridgehead atoms. The molecule has 2 aromatic carbocycles. The molecule has 0 fully saturated rings. The Bertz CT molecular complexity index is 893. The quantitative estimate of drug-likeness (QED) is 0.597. The minimum Gasteiger partial charge on any atom is -0.459 e. The van der Waals surface area contributed by atoms with E-state index >= 15 is 0 Å². The van der Waals surface area contributed by atoms with Crippen LogP contribution in [-0.2, 0) is 14.8 Å². The van der Waals surface area contributed by atoms with Crippen molar-refractivity contribution in [3.8, 4) is 0 Å². The van der Waals surface area contributed by atoms with Crippen LogP contribution in [-0.4, -0.2) is 38.7 Å². The second-order valence-corrected chi connectivity index (χ2v) is 7.94. The molecule has 0 aliphatic heterocycles. The highest BCUT2D eigenvalue weighted by Gasteiger charge is 2.22. The van der Waals surface area contributed by atoms with Crippen LogP contribution in [0.5, 0.6) is 0 Å². The van der Waals surface area contributed by atoms with Gasteiger partial charge in [-0.25, -0.2) is 13.2 Å². The summed E-state index contributed by atoms with van der Waals surface area (Å²) in [4.78, 5) is 12.1. The number of aryl methyl sites for hydroxylation is 1. The van der Waals surface area contributed by atoms with Crippen LogP contribution in [0.2, 0.25) is 0 Å². The van der Waals surface area contributed by atoms with E-state index in [9.17, 15) is 13.2 Å². The average molecular weight is 392 g/mol. The van der Waals surface area contributed by atoms with Crippen molar-refractivity contribution in [3.63, 3.8) is 0 Å². The number of benzene rings is 2. The Hall–Kier alpha value is -2.58. The Morgan fingerprint density at radius 1 is 1.15 bits per heavy atom. The lowest BCUT2D eigenvalue weighted by molar-refractivity contribution is 0.0377. The normalized spacial score (nSPS) is 11.3. The molecule has 0 saturated heterocycles. The predicted molar refractivity (Wildman–Crippen MR) is 105 cm³/mol. The number of aliphatic hydroxyl groups excluding tert-OH is 1. The molecule has 8 heteroatoms. The number of esters is 1. The van der Waals surface area contributed by atoms with Gasteiger partial charge in [-0.1, -0.05) is 17.7 Å². The van der Waals surface area contributed by atoms with E-state index in [1.807, 2.05) is 6.92 Å². The number of hydrogen-bond acceptors (Lipinski definition) is 6. The highest BCUT2D eigenvalue weighted by Crippen LogP contribution is 2.26. The zero-order valence-corrected chi connectivity index (χ0v) is 16.3. The molecule has 0 radical (unpaired) electrons. The zero-order valence-electron chi connectivity index (χ0n) is 15.5. The Balaban J connectivity index is 2.42. The Morgan fingerprint density at radius 2 is 1.81 bits per heavy atom. The van der Waals surface area contributed by atoms with Crippen LogP contribution in [0.1, 0.15) is 29.8 Å². The minimum absolute atomic E-state index is 0.102. The largest absolute Gasteiger partial charge is 0.459 e. The van der Waals surface area contributed by atoms with Crippen molar-refractivity contribution in [1.82, 2.24) is 0 Å². The summed E-state index contributed by atoms with van der Waals surface area (Å²) in [6, 6.07) is 11.1. The third-order valence-corrected chi connectivity index (χ3v) is 5.00. The molecule has 3 N–H and O–H groups in total. The van der Waals surface area contributed by atoms with Gasteiger partial charge in [-0.05, 0) is 51.1 Å². The fourth-order valence-electron chi connectivity index (χ4n) is 2.32. The van der Waals surface area contributed by atoms with Gasteiger partial charge in [-0.15, -0.1) is 0 Å². The van der Waals surface area contributed by atoms with Gasteiger partial charge in [0.15, 0.2) is 0 Å². The van der Waals surface area contributed by atoms with Gasteiger partial charge in [-0.3, -0.25) is 4.72 Å². The maximum absolute atomic E-state index is 12.9. The molecular formula is C19H24N2O5S. The average Bonchev–Trinajstić information content (AvgIpc) is 2.61. The molecule has 146 valence electrons.